The Hall–Kier alpha value is -5.92. The van der Waals surface area contributed by atoms with Gasteiger partial charge in [0.2, 0.25) is 23.6 Å². The zero-order valence-corrected chi connectivity index (χ0v) is 25.7. The van der Waals surface area contributed by atoms with Crippen LogP contribution in [0.3, 0.4) is 0 Å². The minimum Gasteiger partial charge on any atom is -0.484 e. The van der Waals surface area contributed by atoms with E-state index < -0.39 is 54.7 Å². The Labute approximate surface area is 271 Å². The van der Waals surface area contributed by atoms with Crippen molar-refractivity contribution in [2.75, 3.05) is 26.2 Å². The first-order valence-corrected chi connectivity index (χ1v) is 15.0. The molecule has 2 bridgehead atoms. The number of fused-ring (bicyclic) bond motifs is 16. The molecule has 9 N–H and O–H groups in total. The fraction of sp³-hybridized carbons (Fsp3) is 0.273. The summed E-state index contributed by atoms with van der Waals surface area (Å²) in [4.78, 5) is 64.5. The van der Waals surface area contributed by atoms with Crippen molar-refractivity contribution in [1.82, 2.24) is 26.6 Å². The quantitative estimate of drug-likeness (QED) is 0.0583. The van der Waals surface area contributed by atoms with Gasteiger partial charge in [-0.15, -0.1) is 0 Å². The number of nitrogens with one attached hydrogen (secondary N) is 5. The number of carbonyl (C=O) groups excluding carboxylic acids is 5. The van der Waals surface area contributed by atoms with Gasteiger partial charge in [0.25, 0.3) is 5.91 Å². The van der Waals surface area contributed by atoms with Gasteiger partial charge in [0.1, 0.15) is 23.7 Å². The standard InChI is InChI=1S/C33H38N8O6/c34-28(41-35)14-15-36-32(45)26-17-22-8-12-25(13-9-22)47-20-31(44)37-18-29(42)40-27(33(46)38-19-30(43)39-26)16-21-6-10-24(11-7-21)23-4-2-1-3-5-23/h1-13,26-27H,14-20,35H2,(H2,34,41)(H,36,45)(H,37,44)(H,38,46)(H,39,43)(H,40,42)/t26-,27+/m0/s1. The molecule has 14 heteroatoms. The molecule has 0 aliphatic carbocycles. The van der Waals surface area contributed by atoms with E-state index in [1.54, 1.807) is 24.3 Å². The summed E-state index contributed by atoms with van der Waals surface area (Å²) in [7, 11) is 0. The van der Waals surface area contributed by atoms with Crippen molar-refractivity contribution in [3.8, 4) is 16.9 Å². The molecule has 246 valence electrons. The summed E-state index contributed by atoms with van der Waals surface area (Å²) in [6, 6.07) is 21.8. The lowest BCUT2D eigenvalue weighted by Gasteiger charge is -2.21. The minimum absolute atomic E-state index is 0.111. The van der Waals surface area contributed by atoms with Crippen molar-refractivity contribution in [3.63, 3.8) is 0 Å². The topological polar surface area (TPSA) is 219 Å². The maximum Gasteiger partial charge on any atom is 0.258 e. The molecule has 2 aliphatic heterocycles. The fourth-order valence-corrected chi connectivity index (χ4v) is 4.74. The lowest BCUT2D eigenvalue weighted by Crippen LogP contribution is -2.54. The second-order valence-corrected chi connectivity index (χ2v) is 10.8. The van der Waals surface area contributed by atoms with Crippen molar-refractivity contribution in [2.45, 2.75) is 31.3 Å². The Balaban J connectivity index is 1.49. The van der Waals surface area contributed by atoms with Gasteiger partial charge in [0, 0.05) is 25.8 Å². The smallest absolute Gasteiger partial charge is 0.258 e. The van der Waals surface area contributed by atoms with E-state index in [-0.39, 0.29) is 38.2 Å². The number of hydrogen-bond acceptors (Lipinski definition) is 8. The van der Waals surface area contributed by atoms with Crippen LogP contribution in [0.5, 0.6) is 5.75 Å². The van der Waals surface area contributed by atoms with Crippen LogP contribution in [-0.2, 0) is 36.8 Å². The average Bonchev–Trinajstić information content (AvgIpc) is 3.09. The fourth-order valence-electron chi connectivity index (χ4n) is 4.74. The molecule has 0 aromatic heterocycles. The van der Waals surface area contributed by atoms with Crippen LogP contribution >= 0.6 is 0 Å². The van der Waals surface area contributed by atoms with Gasteiger partial charge >= 0.3 is 0 Å². The molecule has 0 saturated heterocycles. The zero-order valence-electron chi connectivity index (χ0n) is 25.7. The molecule has 5 rings (SSSR count). The van der Waals surface area contributed by atoms with Gasteiger partial charge < -0.3 is 42.9 Å². The molecule has 3 aromatic rings. The number of rotatable bonds is 7. The van der Waals surface area contributed by atoms with E-state index in [0.717, 1.165) is 16.7 Å². The second kappa shape index (κ2) is 17.0. The van der Waals surface area contributed by atoms with Crippen LogP contribution in [0, 0.1) is 0 Å². The van der Waals surface area contributed by atoms with Crippen LogP contribution in [0.4, 0.5) is 0 Å². The molecule has 0 unspecified atom stereocenters. The molecule has 0 radical (unpaired) electrons. The first-order chi connectivity index (χ1) is 22.7. The lowest BCUT2D eigenvalue weighted by molar-refractivity contribution is -0.132. The summed E-state index contributed by atoms with van der Waals surface area (Å²) in [5.41, 5.74) is 9.06. The second-order valence-electron chi connectivity index (χ2n) is 10.8. The number of nitrogens with zero attached hydrogens (tertiary/aromatic N) is 1. The first kappa shape index (κ1) is 34.0. The predicted molar refractivity (Wildman–Crippen MR) is 175 cm³/mol. The number of hydrazone groups is 1. The molecule has 0 fully saturated rings. The third-order valence-electron chi connectivity index (χ3n) is 7.25. The molecule has 14 nitrogen and oxygen atoms in total. The van der Waals surface area contributed by atoms with Crippen molar-refractivity contribution >= 4 is 35.4 Å². The maximum absolute atomic E-state index is 13.3. The normalized spacial score (nSPS) is 18.3. The van der Waals surface area contributed by atoms with E-state index in [2.05, 4.69) is 31.7 Å². The summed E-state index contributed by atoms with van der Waals surface area (Å²) in [6.07, 6.45) is 0.435. The van der Waals surface area contributed by atoms with Crippen LogP contribution in [0.15, 0.2) is 84.0 Å². The van der Waals surface area contributed by atoms with Crippen LogP contribution < -0.4 is 42.9 Å². The monoisotopic (exact) mass is 642 g/mol. The average molecular weight is 643 g/mol. The highest BCUT2D eigenvalue weighted by atomic mass is 16.5. The number of amides is 5. The Morgan fingerprint density at radius 2 is 1.49 bits per heavy atom. The predicted octanol–water partition coefficient (Wildman–Crippen LogP) is -0.530. The number of nitrogens with two attached hydrogens (primary N) is 2. The first-order valence-electron chi connectivity index (χ1n) is 15.0. The van der Waals surface area contributed by atoms with Crippen molar-refractivity contribution < 1.29 is 28.7 Å². The van der Waals surface area contributed by atoms with Crippen LogP contribution in [-0.4, -0.2) is 73.7 Å². The molecule has 0 saturated carbocycles. The Morgan fingerprint density at radius 3 is 2.19 bits per heavy atom. The molecule has 2 atom stereocenters. The SMILES string of the molecule is N/N=C(\N)CCNC(=O)[C@@H]1Cc2ccc(cc2)OCC(=O)NCC(=O)N[C@H](Cc2ccc(-c3ccccc3)cc2)C(=O)NCC(=O)N1. The van der Waals surface area contributed by atoms with Crippen molar-refractivity contribution in [3.05, 3.63) is 90.0 Å². The van der Waals surface area contributed by atoms with Gasteiger partial charge in [-0.25, -0.2) is 0 Å². The summed E-state index contributed by atoms with van der Waals surface area (Å²) >= 11 is 0. The number of carbonyl (C=O) groups is 5. The van der Waals surface area contributed by atoms with Gasteiger partial charge in [-0.2, -0.15) is 5.10 Å². The van der Waals surface area contributed by atoms with Gasteiger partial charge in [-0.3, -0.25) is 24.0 Å². The molecule has 2 aliphatic rings. The number of hydrogen-bond donors (Lipinski definition) is 7. The van der Waals surface area contributed by atoms with Gasteiger partial charge in [0.15, 0.2) is 6.61 Å². The van der Waals surface area contributed by atoms with Gasteiger partial charge in [-0.05, 0) is 34.4 Å². The molecule has 47 heavy (non-hydrogen) atoms. The van der Waals surface area contributed by atoms with Crippen LogP contribution in [0.25, 0.3) is 11.1 Å². The van der Waals surface area contributed by atoms with E-state index >= 15 is 0 Å². The molecule has 0 spiro atoms. The van der Waals surface area contributed by atoms with E-state index in [4.69, 9.17) is 16.3 Å². The van der Waals surface area contributed by atoms with Gasteiger partial charge in [0.05, 0.1) is 13.1 Å². The summed E-state index contributed by atoms with van der Waals surface area (Å²) in [5, 5.41) is 16.4. The summed E-state index contributed by atoms with van der Waals surface area (Å²) < 4.78 is 5.52. The van der Waals surface area contributed by atoms with E-state index in [1.165, 1.54) is 0 Å². The van der Waals surface area contributed by atoms with E-state index in [0.29, 0.717) is 11.3 Å². The number of ether oxygens (including phenoxy) is 1. The Bertz CT molecular complexity index is 1580. The molecule has 5 amide bonds. The molecule has 2 heterocycles. The summed E-state index contributed by atoms with van der Waals surface area (Å²) in [6.45, 7) is -1.06. The van der Waals surface area contributed by atoms with E-state index in [9.17, 15) is 24.0 Å². The van der Waals surface area contributed by atoms with E-state index in [1.807, 2.05) is 54.6 Å². The zero-order chi connectivity index (χ0) is 33.6. The molecular formula is C33H38N8O6. The number of benzene rings is 3. The maximum atomic E-state index is 13.3. The largest absolute Gasteiger partial charge is 0.484 e. The summed E-state index contributed by atoms with van der Waals surface area (Å²) in [5.74, 6) is 2.81. The Kier molecular flexibility index (Phi) is 12.3. The van der Waals surface area contributed by atoms with Crippen LogP contribution in [0.2, 0.25) is 0 Å². The van der Waals surface area contributed by atoms with Crippen molar-refractivity contribution in [1.29, 1.82) is 0 Å². The highest BCUT2D eigenvalue weighted by molar-refractivity contribution is 5.94. The lowest BCUT2D eigenvalue weighted by atomic mass is 10.00. The van der Waals surface area contributed by atoms with Crippen LogP contribution in [0.1, 0.15) is 17.5 Å². The highest BCUT2D eigenvalue weighted by Crippen LogP contribution is 2.20. The van der Waals surface area contributed by atoms with Gasteiger partial charge in [-0.1, -0.05) is 66.7 Å². The Morgan fingerprint density at radius 1 is 0.830 bits per heavy atom. The highest BCUT2D eigenvalue weighted by Gasteiger charge is 2.25. The minimum atomic E-state index is -1.07. The third kappa shape index (κ3) is 10.9. The number of amidine groups is 1. The molecule has 3 aromatic carbocycles. The third-order valence-corrected chi connectivity index (χ3v) is 7.25. The molecular weight excluding hydrogens is 604 g/mol. The van der Waals surface area contributed by atoms with Crippen molar-refractivity contribution in [2.24, 2.45) is 16.7 Å².